The molecule has 0 aliphatic carbocycles. The van der Waals surface area contributed by atoms with Crippen molar-refractivity contribution in [2.45, 2.75) is 40.2 Å². The van der Waals surface area contributed by atoms with Crippen LogP contribution >= 0.6 is 12.6 Å². The Balaban J connectivity index is 1.63. The number of rotatable bonds is 8. The highest BCUT2D eigenvalue weighted by Gasteiger charge is 2.57. The van der Waals surface area contributed by atoms with Crippen molar-refractivity contribution in [3.8, 4) is 0 Å². The van der Waals surface area contributed by atoms with Gasteiger partial charge in [-0.2, -0.15) is 30.6 Å². The fourth-order valence-corrected chi connectivity index (χ4v) is 6.73. The second-order valence-corrected chi connectivity index (χ2v) is 12.1. The molecule has 2 atom stereocenters. The normalized spacial score (nSPS) is 18.2. The Labute approximate surface area is 248 Å². The minimum atomic E-state index is -5.55. The predicted molar refractivity (Wildman–Crippen MR) is 145 cm³/mol. The van der Waals surface area contributed by atoms with Crippen LogP contribution in [0.5, 0.6) is 0 Å². The van der Waals surface area contributed by atoms with Crippen LogP contribution in [0.2, 0.25) is 0 Å². The molecule has 0 bridgehead atoms. The van der Waals surface area contributed by atoms with Crippen LogP contribution in [0, 0.1) is 0 Å². The highest BCUT2D eigenvalue weighted by Crippen LogP contribution is 2.40. The first-order valence-electron chi connectivity index (χ1n) is 12.6. The second-order valence-electron chi connectivity index (χ2n) is 9.72. The number of sulfonamides is 1. The third-order valence-corrected chi connectivity index (χ3v) is 9.40. The number of carbonyl (C=O) groups is 1. The van der Waals surface area contributed by atoms with Crippen molar-refractivity contribution in [1.29, 1.82) is 0 Å². The van der Waals surface area contributed by atoms with Gasteiger partial charge in [-0.05, 0) is 53.9 Å². The lowest BCUT2D eigenvalue weighted by atomic mass is 9.93. The maximum Gasteiger partial charge on any atom is 0.490 e. The van der Waals surface area contributed by atoms with Gasteiger partial charge in [-0.1, -0.05) is 24.3 Å². The molecule has 43 heavy (non-hydrogen) atoms. The maximum absolute atomic E-state index is 13.8. The number of benzene rings is 2. The van der Waals surface area contributed by atoms with Crippen molar-refractivity contribution in [1.82, 2.24) is 9.29 Å². The van der Waals surface area contributed by atoms with E-state index < -0.39 is 52.2 Å². The summed E-state index contributed by atoms with van der Waals surface area (Å²) in [6.07, 6.45) is -7.59. The molecule has 0 unspecified atom stereocenters. The van der Waals surface area contributed by atoms with Gasteiger partial charge in [0.15, 0.2) is 0 Å². The van der Waals surface area contributed by atoms with Gasteiger partial charge in [-0.15, -0.1) is 12.6 Å². The molecule has 1 aliphatic rings. The third kappa shape index (κ3) is 7.08. The third-order valence-electron chi connectivity index (χ3n) is 6.94. The number of carbonyl (C=O) groups excluding carboxylic acids is 1. The van der Waals surface area contributed by atoms with Crippen molar-refractivity contribution < 1.29 is 49.4 Å². The minimum absolute atomic E-state index is 0.00834. The van der Waals surface area contributed by atoms with Gasteiger partial charge < -0.3 is 14.7 Å². The van der Waals surface area contributed by atoms with E-state index >= 15 is 0 Å². The lowest BCUT2D eigenvalue weighted by molar-refractivity contribution is -0.283. The van der Waals surface area contributed by atoms with Crippen LogP contribution in [-0.4, -0.2) is 73.4 Å². The van der Waals surface area contributed by atoms with Crippen molar-refractivity contribution in [2.75, 3.05) is 31.1 Å². The van der Waals surface area contributed by atoms with Crippen LogP contribution in [-0.2, 0) is 31.6 Å². The Kier molecular flexibility index (Phi) is 9.35. The van der Waals surface area contributed by atoms with Gasteiger partial charge >= 0.3 is 18.3 Å². The largest absolute Gasteiger partial charge is 0.490 e. The number of alkyl halides is 6. The summed E-state index contributed by atoms with van der Waals surface area (Å²) in [7, 11) is -3.95. The number of aliphatic hydroxyl groups is 1. The number of nitrogens with zero attached hydrogens (tertiary/aromatic N) is 3. The molecule has 2 heterocycles. The smallest absolute Gasteiger partial charge is 0.455 e. The Morgan fingerprint density at radius 1 is 0.977 bits per heavy atom. The number of hydrogen-bond donors (Lipinski definition) is 2. The van der Waals surface area contributed by atoms with Gasteiger partial charge in [0.2, 0.25) is 15.6 Å². The Morgan fingerprint density at radius 3 is 2.19 bits per heavy atom. The molecule has 232 valence electrons. The van der Waals surface area contributed by atoms with E-state index in [2.05, 4.69) is 22.3 Å². The summed E-state index contributed by atoms with van der Waals surface area (Å²) < 4.78 is 111. The number of piperazine rings is 1. The summed E-state index contributed by atoms with van der Waals surface area (Å²) in [5.74, 6) is -2.88. The molecule has 8 nitrogen and oxygen atoms in total. The average Bonchev–Trinajstić information content (AvgIpc) is 2.95. The molecule has 1 aromatic heterocycles. The van der Waals surface area contributed by atoms with Gasteiger partial charge in [0.25, 0.3) is 0 Å². The van der Waals surface area contributed by atoms with Crippen molar-refractivity contribution in [2.24, 2.45) is 0 Å². The summed E-state index contributed by atoms with van der Waals surface area (Å²) in [6.45, 7) is -1.84. The molecule has 3 aromatic rings. The summed E-state index contributed by atoms with van der Waals surface area (Å²) in [4.78, 5) is 17.1. The number of esters is 1. The molecule has 16 heteroatoms. The standard InChI is InChI=1S/C27H25F6N3O5S2/c28-26(29,30)24(37)41-17-25(38,27(31,32)33)19-5-7-20(8-6-19)36-14-13-35(16-21(36)15-18-9-11-34-12-10-18)43(39,40)23-4-2-1-3-22(23)42/h1-12,21,38,42H,13-17H2/t21-,25+/m0/s1. The van der Waals surface area contributed by atoms with Gasteiger partial charge in [0.05, 0.1) is 4.90 Å². The van der Waals surface area contributed by atoms with Crippen LogP contribution in [0.25, 0.3) is 0 Å². The first kappa shape index (κ1) is 32.6. The molecule has 0 radical (unpaired) electrons. The van der Waals surface area contributed by atoms with Crippen LogP contribution in [0.3, 0.4) is 0 Å². The monoisotopic (exact) mass is 649 g/mol. The quantitative estimate of drug-likeness (QED) is 0.213. The SMILES string of the molecule is O=C(OC[C@@](O)(c1ccc(N2CCN(S(=O)(=O)c3ccccc3S)C[C@@H]2Cc2ccncc2)cc1)C(F)(F)F)C(F)(F)F. The molecule has 1 fully saturated rings. The second kappa shape index (κ2) is 12.3. The molecular formula is C27H25F6N3O5S2. The number of pyridine rings is 1. The molecular weight excluding hydrogens is 624 g/mol. The van der Waals surface area contributed by atoms with E-state index in [-0.39, 0.29) is 29.4 Å². The zero-order valence-electron chi connectivity index (χ0n) is 22.1. The zero-order valence-corrected chi connectivity index (χ0v) is 23.8. The number of hydrogen-bond acceptors (Lipinski definition) is 8. The van der Waals surface area contributed by atoms with E-state index in [0.717, 1.165) is 17.7 Å². The molecule has 0 amide bonds. The highest BCUT2D eigenvalue weighted by molar-refractivity contribution is 7.90. The Morgan fingerprint density at radius 2 is 1.60 bits per heavy atom. The summed E-state index contributed by atoms with van der Waals surface area (Å²) in [5.41, 5.74) is -3.59. The Bertz CT molecular complexity index is 1540. The van der Waals surface area contributed by atoms with E-state index in [9.17, 15) is 44.7 Å². The minimum Gasteiger partial charge on any atom is -0.455 e. The van der Waals surface area contributed by atoms with Crippen molar-refractivity contribution >= 4 is 34.3 Å². The van der Waals surface area contributed by atoms with Crippen molar-refractivity contribution in [3.63, 3.8) is 0 Å². The van der Waals surface area contributed by atoms with E-state index in [0.29, 0.717) is 12.1 Å². The molecule has 1 saturated heterocycles. The van der Waals surface area contributed by atoms with Crippen LogP contribution in [0.15, 0.2) is 82.8 Å². The van der Waals surface area contributed by atoms with Gasteiger partial charge in [0, 0.05) is 48.7 Å². The predicted octanol–water partition coefficient (Wildman–Crippen LogP) is 4.35. The first-order valence-corrected chi connectivity index (χ1v) is 14.5. The molecule has 1 aliphatic heterocycles. The molecule has 4 rings (SSSR count). The first-order chi connectivity index (χ1) is 20.0. The van der Waals surface area contributed by atoms with E-state index in [1.165, 1.54) is 22.5 Å². The molecule has 0 spiro atoms. The fraction of sp³-hybridized carbons (Fsp3) is 0.333. The maximum atomic E-state index is 13.8. The number of ether oxygens (including phenoxy) is 1. The average molecular weight is 650 g/mol. The zero-order chi connectivity index (χ0) is 31.6. The Hall–Kier alpha value is -3.34. The van der Waals surface area contributed by atoms with E-state index in [1.807, 2.05) is 0 Å². The number of thiol groups is 1. The fourth-order valence-electron chi connectivity index (χ4n) is 4.67. The summed E-state index contributed by atoms with van der Waals surface area (Å²) >= 11 is 4.27. The molecule has 2 aromatic carbocycles. The van der Waals surface area contributed by atoms with E-state index in [1.54, 1.807) is 47.6 Å². The molecule has 1 N–H and O–H groups in total. The van der Waals surface area contributed by atoms with Gasteiger partial charge in [-0.25, -0.2) is 13.2 Å². The van der Waals surface area contributed by atoms with Gasteiger partial charge in [-0.3, -0.25) is 4.98 Å². The summed E-state index contributed by atoms with van der Waals surface area (Å²) in [6, 6.07) is 13.4. The van der Waals surface area contributed by atoms with E-state index in [4.69, 9.17) is 0 Å². The number of halogens is 6. The molecule has 0 saturated carbocycles. The number of anilines is 1. The van der Waals surface area contributed by atoms with Gasteiger partial charge in [0.1, 0.15) is 6.61 Å². The van der Waals surface area contributed by atoms with Crippen LogP contribution < -0.4 is 4.90 Å². The number of aromatic nitrogens is 1. The summed E-state index contributed by atoms with van der Waals surface area (Å²) in [5, 5.41) is 10.4. The van der Waals surface area contributed by atoms with Crippen molar-refractivity contribution in [3.05, 3.63) is 84.2 Å². The van der Waals surface area contributed by atoms with Crippen LogP contribution in [0.1, 0.15) is 11.1 Å². The lowest BCUT2D eigenvalue weighted by Crippen LogP contribution is -2.55. The lowest BCUT2D eigenvalue weighted by Gasteiger charge is -2.42. The van der Waals surface area contributed by atoms with Crippen LogP contribution in [0.4, 0.5) is 32.0 Å². The highest BCUT2D eigenvalue weighted by atomic mass is 32.2. The topological polar surface area (TPSA) is 100 Å².